The zero-order valence-corrected chi connectivity index (χ0v) is 10.3. The number of amides is 4. The largest absolute Gasteiger partial charge is 0.481 e. The quantitative estimate of drug-likeness (QED) is 0.318. The van der Waals surface area contributed by atoms with Crippen LogP contribution in [0.4, 0.5) is 9.59 Å². The van der Waals surface area contributed by atoms with Gasteiger partial charge in [0.2, 0.25) is 0 Å². The maximum Gasteiger partial charge on any atom is 0.345 e. The highest BCUT2D eigenvalue weighted by Gasteiger charge is 2.48. The molecule has 0 saturated carbocycles. The van der Waals surface area contributed by atoms with Crippen LogP contribution in [-0.4, -0.2) is 44.1 Å². The first-order valence-corrected chi connectivity index (χ1v) is 5.28. The van der Waals surface area contributed by atoms with Crippen LogP contribution in [0.15, 0.2) is 0 Å². The van der Waals surface area contributed by atoms with Gasteiger partial charge in [-0.15, -0.1) is 12.6 Å². The molecule has 4 amide bonds. The van der Waals surface area contributed by atoms with E-state index in [0.29, 0.717) is 5.01 Å². The minimum absolute atomic E-state index is 0.392. The van der Waals surface area contributed by atoms with Gasteiger partial charge >= 0.3 is 18.0 Å². The molecule has 17 heavy (non-hydrogen) atoms. The number of imide groups is 1. The lowest BCUT2D eigenvalue weighted by Crippen LogP contribution is -2.73. The van der Waals surface area contributed by atoms with Gasteiger partial charge in [-0.2, -0.15) is 0 Å². The number of carboxylic acid groups (broad SMARTS) is 1. The van der Waals surface area contributed by atoms with Crippen LogP contribution in [0.1, 0.15) is 20.3 Å². The first-order valence-electron chi connectivity index (χ1n) is 4.83. The number of thiol groups is 1. The highest BCUT2D eigenvalue weighted by atomic mass is 32.1. The molecule has 0 radical (unpaired) electrons. The standard InChI is InChI=1S/C8H14N4O4S/c1-4(2)11-6(15)10-8(17,3-5(13)14)12(9)7(11)16/h4,17H,3,9H2,1-2H3,(H,10,15)(H,13,14). The second-order valence-electron chi connectivity index (χ2n) is 3.93. The number of carboxylic acids is 1. The van der Waals surface area contributed by atoms with Crippen LogP contribution in [0, 0.1) is 0 Å². The van der Waals surface area contributed by atoms with Gasteiger partial charge in [0.05, 0.1) is 6.42 Å². The van der Waals surface area contributed by atoms with E-state index in [1.807, 2.05) is 0 Å². The maximum atomic E-state index is 11.8. The fourth-order valence-corrected chi connectivity index (χ4v) is 1.76. The number of carbonyl (C=O) groups excluding carboxylic acids is 2. The van der Waals surface area contributed by atoms with Gasteiger partial charge in [-0.1, -0.05) is 0 Å². The number of nitrogens with one attached hydrogen (secondary N) is 1. The second kappa shape index (κ2) is 4.41. The molecule has 1 fully saturated rings. The summed E-state index contributed by atoms with van der Waals surface area (Å²) in [4.78, 5) is 33.3. The zero-order chi connectivity index (χ0) is 13.4. The van der Waals surface area contributed by atoms with Gasteiger partial charge < -0.3 is 10.4 Å². The van der Waals surface area contributed by atoms with Gasteiger partial charge in [0.1, 0.15) is 0 Å². The lowest BCUT2D eigenvalue weighted by atomic mass is 10.2. The van der Waals surface area contributed by atoms with Crippen molar-refractivity contribution >= 4 is 30.7 Å². The summed E-state index contributed by atoms with van der Waals surface area (Å²) in [7, 11) is 0. The number of rotatable bonds is 3. The van der Waals surface area contributed by atoms with Crippen LogP contribution >= 0.6 is 12.6 Å². The van der Waals surface area contributed by atoms with E-state index < -0.39 is 35.5 Å². The monoisotopic (exact) mass is 262 g/mol. The molecule has 0 bridgehead atoms. The Balaban J connectivity index is 3.00. The molecule has 1 unspecified atom stereocenters. The average molecular weight is 262 g/mol. The number of carbonyl (C=O) groups is 3. The van der Waals surface area contributed by atoms with Crippen molar-refractivity contribution in [2.24, 2.45) is 5.84 Å². The van der Waals surface area contributed by atoms with Crippen molar-refractivity contribution in [3.63, 3.8) is 0 Å². The van der Waals surface area contributed by atoms with Crippen molar-refractivity contribution in [1.82, 2.24) is 15.2 Å². The molecule has 1 rings (SSSR count). The predicted octanol–water partition coefficient (Wildman–Crippen LogP) is -0.226. The van der Waals surface area contributed by atoms with Crippen molar-refractivity contribution in [3.8, 4) is 0 Å². The summed E-state index contributed by atoms with van der Waals surface area (Å²) in [5, 5.41) is 11.6. The van der Waals surface area contributed by atoms with Crippen molar-refractivity contribution in [3.05, 3.63) is 0 Å². The minimum Gasteiger partial charge on any atom is -0.481 e. The first-order chi connectivity index (χ1) is 7.69. The van der Waals surface area contributed by atoms with Gasteiger partial charge in [0, 0.05) is 6.04 Å². The molecule has 0 spiro atoms. The van der Waals surface area contributed by atoms with Crippen molar-refractivity contribution in [2.45, 2.75) is 31.3 Å². The Hall–Kier alpha value is -1.48. The lowest BCUT2D eigenvalue weighted by Gasteiger charge is -2.44. The molecular formula is C8H14N4O4S. The number of aliphatic carboxylic acids is 1. The van der Waals surface area contributed by atoms with E-state index in [-0.39, 0.29) is 0 Å². The van der Waals surface area contributed by atoms with Gasteiger partial charge in [0.25, 0.3) is 0 Å². The molecule has 0 aliphatic carbocycles. The van der Waals surface area contributed by atoms with Crippen molar-refractivity contribution in [1.29, 1.82) is 0 Å². The topological polar surface area (TPSA) is 116 Å². The van der Waals surface area contributed by atoms with E-state index >= 15 is 0 Å². The Labute approximate surface area is 103 Å². The smallest absolute Gasteiger partial charge is 0.345 e. The SMILES string of the molecule is CC(C)N1C(=O)NC(S)(CC(=O)O)N(N)C1=O. The molecule has 1 aliphatic rings. The molecular weight excluding hydrogens is 248 g/mol. The minimum atomic E-state index is -1.72. The lowest BCUT2D eigenvalue weighted by molar-refractivity contribution is -0.139. The molecule has 1 aliphatic heterocycles. The van der Waals surface area contributed by atoms with Gasteiger partial charge in [-0.3, -0.25) is 4.79 Å². The highest BCUT2D eigenvalue weighted by molar-refractivity contribution is 7.81. The van der Waals surface area contributed by atoms with Crippen LogP contribution in [0.3, 0.4) is 0 Å². The summed E-state index contributed by atoms with van der Waals surface area (Å²) in [6.07, 6.45) is -0.601. The third-order valence-electron chi connectivity index (χ3n) is 2.25. The van der Waals surface area contributed by atoms with Crippen molar-refractivity contribution < 1.29 is 19.5 Å². The van der Waals surface area contributed by atoms with E-state index in [2.05, 4.69) is 17.9 Å². The third kappa shape index (κ3) is 2.44. The van der Waals surface area contributed by atoms with Crippen LogP contribution in [0.5, 0.6) is 0 Å². The Morgan fingerprint density at radius 3 is 2.53 bits per heavy atom. The van der Waals surface area contributed by atoms with Crippen LogP contribution in [-0.2, 0) is 4.79 Å². The molecule has 4 N–H and O–H groups in total. The number of hydrogen-bond donors (Lipinski definition) is 4. The van der Waals surface area contributed by atoms with Crippen molar-refractivity contribution in [2.75, 3.05) is 0 Å². The van der Waals surface area contributed by atoms with E-state index in [0.717, 1.165) is 4.90 Å². The van der Waals surface area contributed by atoms with Gasteiger partial charge in [-0.25, -0.2) is 25.3 Å². The number of nitrogens with zero attached hydrogens (tertiary/aromatic N) is 2. The summed E-state index contributed by atoms with van der Waals surface area (Å²) in [5.41, 5.74) is 0. The summed E-state index contributed by atoms with van der Waals surface area (Å²) >= 11 is 3.95. The zero-order valence-electron chi connectivity index (χ0n) is 9.38. The van der Waals surface area contributed by atoms with Gasteiger partial charge in [-0.05, 0) is 13.8 Å². The Kier molecular flexibility index (Phi) is 3.53. The summed E-state index contributed by atoms with van der Waals surface area (Å²) in [6.45, 7) is 3.27. The number of nitrogens with two attached hydrogens (primary N) is 1. The van der Waals surface area contributed by atoms with E-state index in [4.69, 9.17) is 10.9 Å². The first kappa shape index (κ1) is 13.6. The maximum absolute atomic E-state index is 11.8. The average Bonchev–Trinajstić information content (AvgIpc) is 2.12. The molecule has 0 aromatic carbocycles. The third-order valence-corrected chi connectivity index (χ3v) is 2.74. The highest BCUT2D eigenvalue weighted by Crippen LogP contribution is 2.25. The molecule has 1 atom stereocenters. The predicted molar refractivity (Wildman–Crippen MR) is 60.9 cm³/mol. The molecule has 9 heteroatoms. The number of hydrogen-bond acceptors (Lipinski definition) is 5. The fourth-order valence-electron chi connectivity index (χ4n) is 1.45. The molecule has 8 nitrogen and oxygen atoms in total. The number of urea groups is 2. The van der Waals surface area contributed by atoms with E-state index in [9.17, 15) is 14.4 Å². The molecule has 0 aromatic heterocycles. The molecule has 1 heterocycles. The van der Waals surface area contributed by atoms with Crippen LogP contribution < -0.4 is 11.2 Å². The summed E-state index contributed by atoms with van der Waals surface area (Å²) in [5.74, 6) is 4.25. The Morgan fingerprint density at radius 2 is 2.12 bits per heavy atom. The fraction of sp³-hybridized carbons (Fsp3) is 0.625. The van der Waals surface area contributed by atoms with Crippen LogP contribution in [0.25, 0.3) is 0 Å². The summed E-state index contributed by atoms with van der Waals surface area (Å²) < 4.78 is 0. The van der Waals surface area contributed by atoms with E-state index in [1.165, 1.54) is 0 Å². The molecule has 1 saturated heterocycles. The second-order valence-corrected chi connectivity index (χ2v) is 4.67. The molecule has 96 valence electrons. The molecule has 0 aromatic rings. The number of hydrazine groups is 1. The Morgan fingerprint density at radius 1 is 1.59 bits per heavy atom. The normalized spacial score (nSPS) is 25.2. The Bertz CT molecular complexity index is 375. The van der Waals surface area contributed by atoms with Crippen LogP contribution in [0.2, 0.25) is 0 Å². The van der Waals surface area contributed by atoms with Gasteiger partial charge in [0.15, 0.2) is 4.99 Å². The summed E-state index contributed by atoms with van der Waals surface area (Å²) in [6, 6.07) is -1.90. The van der Waals surface area contributed by atoms with E-state index in [1.54, 1.807) is 13.8 Å².